The van der Waals surface area contributed by atoms with Gasteiger partial charge in [0.05, 0.1) is 6.04 Å². The average molecular weight is 275 g/mol. The fraction of sp³-hybridized carbons (Fsp3) is 0.312. The van der Waals surface area contributed by atoms with Gasteiger partial charge in [-0.25, -0.2) is 4.98 Å². The van der Waals surface area contributed by atoms with E-state index in [4.69, 9.17) is 11.6 Å². The molecule has 0 aliphatic heterocycles. The second-order valence-electron chi connectivity index (χ2n) is 4.45. The minimum atomic E-state index is 0.331. The zero-order chi connectivity index (χ0) is 13.7. The summed E-state index contributed by atoms with van der Waals surface area (Å²) in [4.78, 5) is 6.78. The summed E-state index contributed by atoms with van der Waals surface area (Å²) in [6, 6.07) is 14.5. The number of nitrogens with zero attached hydrogens (tertiary/aromatic N) is 2. The minimum absolute atomic E-state index is 0.331. The van der Waals surface area contributed by atoms with Gasteiger partial charge < -0.3 is 4.90 Å². The Labute approximate surface area is 120 Å². The highest BCUT2D eigenvalue weighted by Gasteiger charge is 2.18. The molecule has 1 aromatic heterocycles. The van der Waals surface area contributed by atoms with Gasteiger partial charge in [-0.3, -0.25) is 0 Å². The molecule has 0 radical (unpaired) electrons. The van der Waals surface area contributed by atoms with E-state index in [2.05, 4.69) is 41.9 Å². The number of rotatable bonds is 5. The van der Waals surface area contributed by atoms with E-state index in [1.54, 1.807) is 0 Å². The maximum atomic E-state index is 5.96. The van der Waals surface area contributed by atoms with E-state index in [-0.39, 0.29) is 0 Å². The van der Waals surface area contributed by atoms with Gasteiger partial charge in [-0.2, -0.15) is 0 Å². The third-order valence-corrected chi connectivity index (χ3v) is 3.55. The lowest BCUT2D eigenvalue weighted by molar-refractivity contribution is 0.608. The van der Waals surface area contributed by atoms with Crippen LogP contribution in [0.1, 0.15) is 31.9 Å². The van der Waals surface area contributed by atoms with Gasteiger partial charge in [0.1, 0.15) is 5.82 Å². The van der Waals surface area contributed by atoms with Crippen molar-refractivity contribution >= 4 is 17.4 Å². The topological polar surface area (TPSA) is 16.1 Å². The van der Waals surface area contributed by atoms with E-state index in [1.165, 1.54) is 5.56 Å². The Bertz CT molecular complexity index is 496. The molecule has 2 nitrogen and oxygen atoms in total. The number of anilines is 1. The van der Waals surface area contributed by atoms with Crippen molar-refractivity contribution in [1.29, 1.82) is 0 Å². The highest BCUT2D eigenvalue weighted by atomic mass is 35.5. The summed E-state index contributed by atoms with van der Waals surface area (Å²) < 4.78 is 0. The molecule has 0 unspecified atom stereocenters. The summed E-state index contributed by atoms with van der Waals surface area (Å²) in [5.74, 6) is 1.02. The fourth-order valence-corrected chi connectivity index (χ4v) is 2.51. The van der Waals surface area contributed by atoms with Crippen LogP contribution < -0.4 is 4.90 Å². The molecule has 0 aliphatic rings. The summed E-state index contributed by atoms with van der Waals surface area (Å²) in [5.41, 5.74) is 1.28. The number of hydrogen-bond donors (Lipinski definition) is 0. The van der Waals surface area contributed by atoms with Crippen LogP contribution in [0.5, 0.6) is 0 Å². The van der Waals surface area contributed by atoms with Crippen LogP contribution in [0.4, 0.5) is 5.82 Å². The van der Waals surface area contributed by atoms with Crippen molar-refractivity contribution in [3.8, 4) is 0 Å². The molecule has 0 fully saturated rings. The Kier molecular flexibility index (Phi) is 4.80. The van der Waals surface area contributed by atoms with Gasteiger partial charge in [-0.15, -0.1) is 0 Å². The zero-order valence-corrected chi connectivity index (χ0v) is 12.1. The van der Waals surface area contributed by atoms with Crippen molar-refractivity contribution in [2.24, 2.45) is 0 Å². The van der Waals surface area contributed by atoms with Crippen LogP contribution >= 0.6 is 11.6 Å². The van der Waals surface area contributed by atoms with Crippen LogP contribution in [0.3, 0.4) is 0 Å². The first kappa shape index (κ1) is 13.9. The fourth-order valence-electron chi connectivity index (χ4n) is 2.39. The Morgan fingerprint density at radius 2 is 1.84 bits per heavy atom. The molecular formula is C16H19ClN2. The van der Waals surface area contributed by atoms with Crippen molar-refractivity contribution in [3.05, 3.63) is 59.2 Å². The molecule has 19 heavy (non-hydrogen) atoms. The monoisotopic (exact) mass is 274 g/mol. The molecule has 2 aromatic rings. The maximum absolute atomic E-state index is 5.96. The van der Waals surface area contributed by atoms with Crippen LogP contribution in [0.25, 0.3) is 0 Å². The molecule has 0 bridgehead atoms. The summed E-state index contributed by atoms with van der Waals surface area (Å²) >= 11 is 5.96. The predicted octanol–water partition coefficient (Wildman–Crippen LogP) is 4.71. The number of aromatic nitrogens is 1. The minimum Gasteiger partial charge on any atom is -0.350 e. The van der Waals surface area contributed by atoms with Gasteiger partial charge in [0.2, 0.25) is 0 Å². The summed E-state index contributed by atoms with van der Waals surface area (Å²) in [5, 5.41) is 0.777. The third-order valence-electron chi connectivity index (χ3n) is 3.30. The van der Waals surface area contributed by atoms with Gasteiger partial charge in [-0.05, 0) is 43.2 Å². The largest absolute Gasteiger partial charge is 0.350 e. The van der Waals surface area contributed by atoms with Gasteiger partial charge in [0.15, 0.2) is 0 Å². The molecule has 1 atom stereocenters. The SMILES string of the molecule is CC[C@@H](c1ccc(Cl)cc1)N(CC)c1ccccn1. The number of halogens is 1. The van der Waals surface area contributed by atoms with Gasteiger partial charge in [0, 0.05) is 17.8 Å². The van der Waals surface area contributed by atoms with E-state index in [0.717, 1.165) is 23.8 Å². The lowest BCUT2D eigenvalue weighted by atomic mass is 10.0. The van der Waals surface area contributed by atoms with Gasteiger partial charge in [0.25, 0.3) is 0 Å². The van der Waals surface area contributed by atoms with Crippen molar-refractivity contribution in [1.82, 2.24) is 4.98 Å². The summed E-state index contributed by atoms with van der Waals surface area (Å²) in [7, 11) is 0. The molecule has 0 amide bonds. The highest BCUT2D eigenvalue weighted by Crippen LogP contribution is 2.28. The second-order valence-corrected chi connectivity index (χ2v) is 4.89. The Balaban J connectivity index is 2.31. The van der Waals surface area contributed by atoms with Crippen LogP contribution in [0.15, 0.2) is 48.7 Å². The van der Waals surface area contributed by atoms with Crippen molar-refractivity contribution < 1.29 is 0 Å². The first-order valence-electron chi connectivity index (χ1n) is 6.69. The quantitative estimate of drug-likeness (QED) is 0.785. The molecule has 0 aliphatic carbocycles. The Morgan fingerprint density at radius 1 is 1.11 bits per heavy atom. The highest BCUT2D eigenvalue weighted by molar-refractivity contribution is 6.30. The molecule has 0 saturated heterocycles. The number of hydrogen-bond acceptors (Lipinski definition) is 2. The first-order valence-corrected chi connectivity index (χ1v) is 7.07. The number of pyridine rings is 1. The first-order chi connectivity index (χ1) is 9.26. The van der Waals surface area contributed by atoms with E-state index in [9.17, 15) is 0 Å². The molecule has 0 saturated carbocycles. The maximum Gasteiger partial charge on any atom is 0.128 e. The van der Waals surface area contributed by atoms with E-state index >= 15 is 0 Å². The van der Waals surface area contributed by atoms with E-state index in [1.807, 2.05) is 30.5 Å². The molecular weight excluding hydrogens is 256 g/mol. The predicted molar refractivity (Wildman–Crippen MR) is 81.7 cm³/mol. The van der Waals surface area contributed by atoms with Gasteiger partial charge >= 0.3 is 0 Å². The van der Waals surface area contributed by atoms with Gasteiger partial charge in [-0.1, -0.05) is 36.7 Å². The zero-order valence-electron chi connectivity index (χ0n) is 11.4. The molecule has 2 rings (SSSR count). The normalized spacial score (nSPS) is 12.2. The van der Waals surface area contributed by atoms with E-state index < -0.39 is 0 Å². The molecule has 1 heterocycles. The van der Waals surface area contributed by atoms with Crippen LogP contribution in [-0.2, 0) is 0 Å². The molecule has 3 heteroatoms. The van der Waals surface area contributed by atoms with Crippen molar-refractivity contribution in [2.75, 3.05) is 11.4 Å². The lowest BCUT2D eigenvalue weighted by Gasteiger charge is -2.31. The second kappa shape index (κ2) is 6.58. The van der Waals surface area contributed by atoms with Crippen molar-refractivity contribution in [2.45, 2.75) is 26.3 Å². The third kappa shape index (κ3) is 3.27. The molecule has 0 N–H and O–H groups in total. The summed E-state index contributed by atoms with van der Waals surface area (Å²) in [6.07, 6.45) is 2.87. The number of benzene rings is 1. The lowest BCUT2D eigenvalue weighted by Crippen LogP contribution is -2.28. The molecule has 0 spiro atoms. The van der Waals surface area contributed by atoms with E-state index in [0.29, 0.717) is 6.04 Å². The smallest absolute Gasteiger partial charge is 0.128 e. The molecule has 1 aromatic carbocycles. The summed E-state index contributed by atoms with van der Waals surface area (Å²) in [6.45, 7) is 5.29. The molecule has 100 valence electrons. The Morgan fingerprint density at radius 3 is 2.37 bits per heavy atom. The van der Waals surface area contributed by atoms with Crippen LogP contribution in [0, 0.1) is 0 Å². The average Bonchev–Trinajstić information content (AvgIpc) is 2.47. The van der Waals surface area contributed by atoms with Crippen molar-refractivity contribution in [3.63, 3.8) is 0 Å². The Hall–Kier alpha value is -1.54. The van der Waals surface area contributed by atoms with Crippen LogP contribution in [-0.4, -0.2) is 11.5 Å². The van der Waals surface area contributed by atoms with Crippen LogP contribution in [0.2, 0.25) is 5.02 Å². The standard InChI is InChI=1S/C16H19ClN2/c1-3-15(13-8-10-14(17)11-9-13)19(4-2)16-7-5-6-12-18-16/h5-12,15H,3-4H2,1-2H3/t15-/m0/s1.